The molecular weight excluding hydrogens is 320 g/mol. The maximum atomic E-state index is 4.61. The van der Waals surface area contributed by atoms with Gasteiger partial charge in [-0.2, -0.15) is 15.0 Å². The molecule has 0 amide bonds. The van der Waals surface area contributed by atoms with Crippen molar-refractivity contribution in [2.24, 2.45) is 0 Å². The summed E-state index contributed by atoms with van der Waals surface area (Å²) in [6.45, 7) is 6.36. The first-order valence-corrected chi connectivity index (χ1v) is 9.39. The summed E-state index contributed by atoms with van der Waals surface area (Å²) in [6.07, 6.45) is 2.19. The van der Waals surface area contributed by atoms with Gasteiger partial charge in [-0.1, -0.05) is 13.8 Å². The van der Waals surface area contributed by atoms with Crippen LogP contribution in [0.2, 0.25) is 0 Å². The van der Waals surface area contributed by atoms with Crippen molar-refractivity contribution in [1.82, 2.24) is 15.0 Å². The van der Waals surface area contributed by atoms with Crippen LogP contribution in [0.1, 0.15) is 38.4 Å². The summed E-state index contributed by atoms with van der Waals surface area (Å²) in [4.78, 5) is 18.1. The molecule has 6 nitrogen and oxygen atoms in total. The highest BCUT2D eigenvalue weighted by Crippen LogP contribution is 2.26. The second kappa shape index (κ2) is 7.34. The normalized spacial score (nSPS) is 15.8. The van der Waals surface area contributed by atoms with E-state index in [2.05, 4.69) is 56.5 Å². The van der Waals surface area contributed by atoms with Crippen LogP contribution in [0.5, 0.6) is 0 Å². The summed E-state index contributed by atoms with van der Waals surface area (Å²) < 4.78 is 0. The average Bonchev–Trinajstić information content (AvgIpc) is 3.09. The van der Waals surface area contributed by atoms with Crippen LogP contribution in [-0.2, 0) is 0 Å². The van der Waals surface area contributed by atoms with Crippen LogP contribution < -0.4 is 15.1 Å². The van der Waals surface area contributed by atoms with Crippen LogP contribution in [-0.4, -0.2) is 48.2 Å². The van der Waals surface area contributed by atoms with E-state index in [-0.39, 0.29) is 5.92 Å². The van der Waals surface area contributed by atoms with E-state index < -0.39 is 0 Å². The van der Waals surface area contributed by atoms with Gasteiger partial charge in [-0.05, 0) is 30.4 Å². The highest BCUT2D eigenvalue weighted by atomic mass is 32.1. The van der Waals surface area contributed by atoms with E-state index >= 15 is 0 Å². The number of hydrogen-bond acceptors (Lipinski definition) is 7. The molecule has 0 atom stereocenters. The van der Waals surface area contributed by atoms with Crippen LogP contribution in [0, 0.1) is 0 Å². The summed E-state index contributed by atoms with van der Waals surface area (Å²) in [6, 6.07) is 4.73. The van der Waals surface area contributed by atoms with Gasteiger partial charge in [0.1, 0.15) is 5.82 Å². The summed E-state index contributed by atoms with van der Waals surface area (Å²) in [5.74, 6) is 2.54. The molecular formula is C17H26N6S. The van der Waals surface area contributed by atoms with E-state index in [4.69, 9.17) is 0 Å². The minimum absolute atomic E-state index is 0.285. The molecule has 1 fully saturated rings. The Morgan fingerprint density at radius 2 is 1.96 bits per heavy atom. The smallest absolute Gasteiger partial charge is 0.229 e. The van der Waals surface area contributed by atoms with Crippen LogP contribution in [0.4, 0.5) is 16.9 Å². The molecule has 3 rings (SSSR count). The van der Waals surface area contributed by atoms with Gasteiger partial charge in [-0.25, -0.2) is 0 Å². The maximum absolute atomic E-state index is 4.61. The van der Waals surface area contributed by atoms with Gasteiger partial charge in [0, 0.05) is 39.1 Å². The predicted molar refractivity (Wildman–Crippen MR) is 101 cm³/mol. The fraction of sp³-hybridized carbons (Fsp3) is 0.588. The number of nitrogens with zero attached hydrogens (tertiary/aromatic N) is 5. The summed E-state index contributed by atoms with van der Waals surface area (Å²) in [5.41, 5.74) is 0. The van der Waals surface area contributed by atoms with Gasteiger partial charge in [0.15, 0.2) is 0 Å². The van der Waals surface area contributed by atoms with Crippen molar-refractivity contribution in [2.45, 2.75) is 38.6 Å². The minimum atomic E-state index is 0.285. The minimum Gasteiger partial charge on any atom is -0.363 e. The lowest BCUT2D eigenvalue weighted by Crippen LogP contribution is -2.39. The number of piperidine rings is 1. The third kappa shape index (κ3) is 3.95. The van der Waals surface area contributed by atoms with E-state index in [9.17, 15) is 0 Å². The highest BCUT2D eigenvalue weighted by Gasteiger charge is 2.21. The van der Waals surface area contributed by atoms with Gasteiger partial charge in [0.2, 0.25) is 11.9 Å². The molecule has 0 unspecified atom stereocenters. The van der Waals surface area contributed by atoms with Crippen LogP contribution in [0.3, 0.4) is 0 Å². The van der Waals surface area contributed by atoms with Crippen molar-refractivity contribution in [3.63, 3.8) is 0 Å². The predicted octanol–water partition coefficient (Wildman–Crippen LogP) is 3.20. The first-order valence-electron chi connectivity index (χ1n) is 8.51. The molecule has 24 heavy (non-hydrogen) atoms. The highest BCUT2D eigenvalue weighted by molar-refractivity contribution is 7.14. The molecule has 1 aliphatic heterocycles. The molecule has 0 spiro atoms. The molecule has 1 N–H and O–H groups in total. The van der Waals surface area contributed by atoms with Gasteiger partial charge < -0.3 is 15.1 Å². The Balaban J connectivity index is 1.66. The second-order valence-electron chi connectivity index (χ2n) is 6.72. The van der Waals surface area contributed by atoms with Crippen molar-refractivity contribution in [2.75, 3.05) is 42.3 Å². The number of nitrogens with one attached hydrogen (secondary N) is 1. The Morgan fingerprint density at radius 3 is 2.54 bits per heavy atom. The van der Waals surface area contributed by atoms with Gasteiger partial charge in [0.25, 0.3) is 0 Å². The average molecular weight is 347 g/mol. The SMILES string of the molecule is CC(C)c1nc(NC2CCN(c3cccs3)CC2)nc(N(C)C)n1. The zero-order valence-corrected chi connectivity index (χ0v) is 15.7. The lowest BCUT2D eigenvalue weighted by Gasteiger charge is -2.33. The number of hydrogen-bond donors (Lipinski definition) is 1. The molecule has 0 saturated carbocycles. The Hall–Kier alpha value is -1.89. The number of thiophene rings is 1. The first-order chi connectivity index (χ1) is 11.5. The van der Waals surface area contributed by atoms with Gasteiger partial charge in [-0.3, -0.25) is 0 Å². The lowest BCUT2D eigenvalue weighted by atomic mass is 10.1. The van der Waals surface area contributed by atoms with Crippen molar-refractivity contribution in [1.29, 1.82) is 0 Å². The Bertz CT molecular complexity index is 621. The van der Waals surface area contributed by atoms with Crippen molar-refractivity contribution in [3.8, 4) is 0 Å². The van der Waals surface area contributed by atoms with E-state index in [1.54, 1.807) is 0 Å². The molecule has 3 heterocycles. The molecule has 7 heteroatoms. The van der Waals surface area contributed by atoms with Crippen molar-refractivity contribution < 1.29 is 0 Å². The quantitative estimate of drug-likeness (QED) is 0.897. The maximum Gasteiger partial charge on any atom is 0.229 e. The molecule has 1 saturated heterocycles. The molecule has 0 aliphatic carbocycles. The summed E-state index contributed by atoms with van der Waals surface area (Å²) >= 11 is 1.81. The van der Waals surface area contributed by atoms with Crippen LogP contribution in [0.15, 0.2) is 17.5 Å². The number of aromatic nitrogens is 3. The second-order valence-corrected chi connectivity index (χ2v) is 7.65. The van der Waals surface area contributed by atoms with Crippen LogP contribution >= 0.6 is 11.3 Å². The van der Waals surface area contributed by atoms with Gasteiger partial charge >= 0.3 is 0 Å². The molecule has 0 aromatic carbocycles. The molecule has 0 radical (unpaired) electrons. The number of anilines is 3. The molecule has 2 aromatic heterocycles. The Kier molecular flexibility index (Phi) is 5.18. The fourth-order valence-corrected chi connectivity index (χ4v) is 3.57. The zero-order valence-electron chi connectivity index (χ0n) is 14.9. The van der Waals surface area contributed by atoms with Crippen molar-refractivity contribution in [3.05, 3.63) is 23.3 Å². The standard InChI is InChI=1S/C17H26N6S/c1-12(2)15-19-16(21-17(20-15)22(3)4)18-13-7-9-23(10-8-13)14-6-5-11-24-14/h5-6,11-13H,7-10H2,1-4H3,(H,18,19,20,21). The Labute approximate surface area is 148 Å². The van der Waals surface area contributed by atoms with E-state index in [0.29, 0.717) is 17.9 Å². The van der Waals surface area contributed by atoms with E-state index in [1.165, 1.54) is 5.00 Å². The topological polar surface area (TPSA) is 57.2 Å². The van der Waals surface area contributed by atoms with E-state index in [0.717, 1.165) is 31.8 Å². The molecule has 2 aromatic rings. The van der Waals surface area contributed by atoms with Gasteiger partial charge in [0.05, 0.1) is 5.00 Å². The monoisotopic (exact) mass is 346 g/mol. The zero-order chi connectivity index (χ0) is 17.1. The Morgan fingerprint density at radius 1 is 1.21 bits per heavy atom. The summed E-state index contributed by atoms with van der Waals surface area (Å²) in [7, 11) is 3.92. The van der Waals surface area contributed by atoms with Gasteiger partial charge in [-0.15, -0.1) is 11.3 Å². The third-order valence-electron chi connectivity index (χ3n) is 4.20. The van der Waals surface area contributed by atoms with E-state index in [1.807, 2.05) is 30.3 Å². The number of rotatable bonds is 5. The third-order valence-corrected chi connectivity index (χ3v) is 5.13. The molecule has 0 bridgehead atoms. The molecule has 1 aliphatic rings. The molecule has 130 valence electrons. The summed E-state index contributed by atoms with van der Waals surface area (Å²) in [5, 5.41) is 7.03. The fourth-order valence-electron chi connectivity index (χ4n) is 2.78. The van der Waals surface area contributed by atoms with Crippen LogP contribution in [0.25, 0.3) is 0 Å². The van der Waals surface area contributed by atoms with Crippen molar-refractivity contribution >= 4 is 28.2 Å². The first kappa shape index (κ1) is 17.0. The largest absolute Gasteiger partial charge is 0.363 e. The lowest BCUT2D eigenvalue weighted by molar-refractivity contribution is 0.525.